The number of rotatable bonds is 3. The monoisotopic (exact) mass is 400 g/mol. The number of fused-ring (bicyclic) bond motifs is 1. The molecule has 1 aliphatic heterocycles. The number of nitrogens with one attached hydrogen (secondary N) is 1. The molecule has 0 spiro atoms. The molecular weight excluding hydrogens is 380 g/mol. The minimum absolute atomic E-state index is 0.0371. The molecule has 0 bridgehead atoms. The van der Waals surface area contributed by atoms with Gasteiger partial charge in [-0.1, -0.05) is 11.6 Å². The Hall–Kier alpha value is -2.87. The lowest BCUT2D eigenvalue weighted by Gasteiger charge is -2.40. The van der Waals surface area contributed by atoms with Crippen molar-refractivity contribution in [3.05, 3.63) is 41.8 Å². The lowest BCUT2D eigenvalue weighted by Crippen LogP contribution is -2.60. The van der Waals surface area contributed by atoms with E-state index in [1.54, 1.807) is 23.0 Å². The molecule has 0 aliphatic carbocycles. The normalized spacial score (nSPS) is 14.8. The quantitative estimate of drug-likeness (QED) is 0.680. The van der Waals surface area contributed by atoms with Crippen LogP contribution >= 0.6 is 11.6 Å². The van der Waals surface area contributed by atoms with Crippen LogP contribution in [0.1, 0.15) is 20.8 Å². The Balaban J connectivity index is 1.47. The van der Waals surface area contributed by atoms with Gasteiger partial charge in [-0.05, 0) is 45.0 Å². The van der Waals surface area contributed by atoms with E-state index >= 15 is 0 Å². The number of carbonyl (C=O) groups is 1. The first-order chi connectivity index (χ1) is 13.3. The van der Waals surface area contributed by atoms with Crippen LogP contribution in [0, 0.1) is 0 Å². The second-order valence-corrected chi connectivity index (χ2v) is 8.11. The third kappa shape index (κ3) is 3.87. The molecule has 3 aromatic rings. The van der Waals surface area contributed by atoms with Crippen molar-refractivity contribution >= 4 is 29.2 Å². The molecular formula is C19H21ClN6O2. The molecule has 1 fully saturated rings. The van der Waals surface area contributed by atoms with Gasteiger partial charge >= 0.3 is 6.09 Å². The molecule has 1 amide bonds. The van der Waals surface area contributed by atoms with E-state index in [4.69, 9.17) is 21.4 Å². The van der Waals surface area contributed by atoms with Crippen LogP contribution in [0.4, 0.5) is 10.6 Å². The van der Waals surface area contributed by atoms with E-state index in [0.717, 1.165) is 22.7 Å². The average Bonchev–Trinajstić information content (AvgIpc) is 3.00. The molecule has 0 aromatic carbocycles. The van der Waals surface area contributed by atoms with Gasteiger partial charge in [0.1, 0.15) is 16.6 Å². The molecule has 146 valence electrons. The van der Waals surface area contributed by atoms with Gasteiger partial charge in [0.15, 0.2) is 5.65 Å². The summed E-state index contributed by atoms with van der Waals surface area (Å²) in [5.41, 5.74) is 1.96. The number of nitrogens with zero attached hydrogens (tertiary/aromatic N) is 5. The molecule has 0 saturated carbocycles. The Bertz CT molecular complexity index is 1010. The lowest BCUT2D eigenvalue weighted by atomic mass is 10.1. The molecule has 4 heterocycles. The smallest absolute Gasteiger partial charge is 0.407 e. The number of hydrogen-bond donors (Lipinski definition) is 1. The zero-order valence-electron chi connectivity index (χ0n) is 15.9. The fourth-order valence-corrected chi connectivity index (χ4v) is 3.10. The molecule has 9 heteroatoms. The van der Waals surface area contributed by atoms with Crippen LogP contribution in [0.25, 0.3) is 16.9 Å². The number of ether oxygens (including phenoxy) is 1. The average molecular weight is 401 g/mol. The van der Waals surface area contributed by atoms with Crippen molar-refractivity contribution in [3.63, 3.8) is 0 Å². The summed E-state index contributed by atoms with van der Waals surface area (Å²) in [6, 6.07) is 7.51. The first-order valence-electron chi connectivity index (χ1n) is 9.00. The van der Waals surface area contributed by atoms with Crippen LogP contribution in [-0.4, -0.2) is 50.4 Å². The van der Waals surface area contributed by atoms with Gasteiger partial charge in [0.2, 0.25) is 0 Å². The number of pyridine rings is 1. The maximum atomic E-state index is 11.9. The Labute approximate surface area is 167 Å². The predicted octanol–water partition coefficient (Wildman–Crippen LogP) is 3.16. The fraction of sp³-hybridized carbons (Fsp3) is 0.368. The van der Waals surface area contributed by atoms with Crippen molar-refractivity contribution in [1.29, 1.82) is 0 Å². The first kappa shape index (κ1) is 18.5. The highest BCUT2D eigenvalue weighted by atomic mass is 35.5. The summed E-state index contributed by atoms with van der Waals surface area (Å²) < 4.78 is 7.08. The number of halogens is 1. The van der Waals surface area contributed by atoms with Gasteiger partial charge < -0.3 is 15.0 Å². The number of hydrogen-bond acceptors (Lipinski definition) is 6. The van der Waals surface area contributed by atoms with Crippen molar-refractivity contribution in [1.82, 2.24) is 24.9 Å². The fourth-order valence-electron chi connectivity index (χ4n) is 2.99. The van der Waals surface area contributed by atoms with Crippen LogP contribution in [-0.2, 0) is 4.74 Å². The van der Waals surface area contributed by atoms with Crippen LogP contribution < -0.4 is 10.2 Å². The van der Waals surface area contributed by atoms with Crippen molar-refractivity contribution in [2.75, 3.05) is 18.0 Å². The number of imidazole rings is 1. The summed E-state index contributed by atoms with van der Waals surface area (Å²) in [6.07, 6.45) is 3.07. The van der Waals surface area contributed by atoms with E-state index in [9.17, 15) is 4.79 Å². The highest BCUT2D eigenvalue weighted by molar-refractivity contribution is 6.29. The van der Waals surface area contributed by atoms with E-state index in [1.807, 2.05) is 39.0 Å². The summed E-state index contributed by atoms with van der Waals surface area (Å²) in [6.45, 7) is 6.88. The van der Waals surface area contributed by atoms with Crippen LogP contribution in [0.5, 0.6) is 0 Å². The molecule has 1 N–H and O–H groups in total. The van der Waals surface area contributed by atoms with Gasteiger partial charge in [0.05, 0.1) is 17.9 Å². The number of alkyl carbamates (subject to hydrolysis) is 1. The molecule has 1 aliphatic rings. The zero-order valence-corrected chi connectivity index (χ0v) is 16.6. The Morgan fingerprint density at radius 1 is 1.18 bits per heavy atom. The molecule has 3 aromatic heterocycles. The molecule has 28 heavy (non-hydrogen) atoms. The van der Waals surface area contributed by atoms with Gasteiger partial charge in [0.25, 0.3) is 0 Å². The van der Waals surface area contributed by atoms with Crippen LogP contribution in [0.15, 0.2) is 36.7 Å². The number of aromatic nitrogens is 4. The van der Waals surface area contributed by atoms with E-state index in [1.165, 1.54) is 0 Å². The van der Waals surface area contributed by atoms with E-state index in [-0.39, 0.29) is 6.04 Å². The first-order valence-corrected chi connectivity index (χ1v) is 9.37. The molecule has 4 rings (SSSR count). The predicted molar refractivity (Wildman–Crippen MR) is 107 cm³/mol. The van der Waals surface area contributed by atoms with E-state index < -0.39 is 11.7 Å². The summed E-state index contributed by atoms with van der Waals surface area (Å²) >= 11 is 5.87. The summed E-state index contributed by atoms with van der Waals surface area (Å²) in [5, 5.41) is 8.02. The molecule has 0 unspecified atom stereocenters. The second-order valence-electron chi connectivity index (χ2n) is 7.72. The summed E-state index contributed by atoms with van der Waals surface area (Å²) in [4.78, 5) is 22.5. The van der Waals surface area contributed by atoms with Crippen molar-refractivity contribution < 1.29 is 9.53 Å². The SMILES string of the molecule is CC(C)(C)OC(=O)NC1CN(c2ccc3ncc(-c4ccc(Cl)nc4)n3n2)C1. The maximum Gasteiger partial charge on any atom is 0.407 e. The third-order valence-corrected chi connectivity index (χ3v) is 4.52. The molecule has 1 saturated heterocycles. The van der Waals surface area contributed by atoms with Gasteiger partial charge in [-0.15, -0.1) is 5.10 Å². The summed E-state index contributed by atoms with van der Waals surface area (Å²) in [5.74, 6) is 0.816. The van der Waals surface area contributed by atoms with Crippen molar-refractivity contribution in [3.8, 4) is 11.3 Å². The standard InChI is InChI=1S/C19H21ClN6O2/c1-19(2,3)28-18(27)23-13-10-25(11-13)17-7-6-16-22-9-14(26(16)24-17)12-4-5-15(20)21-8-12/h4-9,13H,10-11H2,1-3H3,(H,23,27). The van der Waals surface area contributed by atoms with Gasteiger partial charge in [-0.3, -0.25) is 0 Å². The van der Waals surface area contributed by atoms with Gasteiger partial charge in [0, 0.05) is 24.8 Å². The Kier molecular flexibility index (Phi) is 4.58. The Morgan fingerprint density at radius 3 is 2.64 bits per heavy atom. The zero-order chi connectivity index (χ0) is 19.9. The third-order valence-electron chi connectivity index (χ3n) is 4.30. The highest BCUT2D eigenvalue weighted by Crippen LogP contribution is 2.24. The van der Waals surface area contributed by atoms with Gasteiger partial charge in [-0.25, -0.2) is 19.3 Å². The van der Waals surface area contributed by atoms with Crippen molar-refractivity contribution in [2.24, 2.45) is 0 Å². The molecule has 8 nitrogen and oxygen atoms in total. The molecule has 0 atom stereocenters. The molecule has 0 radical (unpaired) electrons. The minimum atomic E-state index is -0.505. The number of amides is 1. The summed E-state index contributed by atoms with van der Waals surface area (Å²) in [7, 11) is 0. The van der Waals surface area contributed by atoms with E-state index in [0.29, 0.717) is 18.2 Å². The van der Waals surface area contributed by atoms with E-state index in [2.05, 4.69) is 20.2 Å². The topological polar surface area (TPSA) is 84.6 Å². The van der Waals surface area contributed by atoms with Crippen molar-refractivity contribution in [2.45, 2.75) is 32.4 Å². The van der Waals surface area contributed by atoms with Crippen LogP contribution in [0.2, 0.25) is 5.15 Å². The highest BCUT2D eigenvalue weighted by Gasteiger charge is 2.31. The maximum absolute atomic E-state index is 11.9. The number of carbonyl (C=O) groups excluding carboxylic acids is 1. The largest absolute Gasteiger partial charge is 0.444 e. The number of anilines is 1. The second kappa shape index (κ2) is 6.94. The lowest BCUT2D eigenvalue weighted by molar-refractivity contribution is 0.0496. The minimum Gasteiger partial charge on any atom is -0.444 e. The Morgan fingerprint density at radius 2 is 1.96 bits per heavy atom. The van der Waals surface area contributed by atoms with Gasteiger partial charge in [-0.2, -0.15) is 0 Å². The van der Waals surface area contributed by atoms with Crippen LogP contribution in [0.3, 0.4) is 0 Å².